The fourth-order valence-corrected chi connectivity index (χ4v) is 4.48. The summed E-state index contributed by atoms with van der Waals surface area (Å²) in [6, 6.07) is 16.6. The van der Waals surface area contributed by atoms with Gasteiger partial charge >= 0.3 is 0 Å². The summed E-state index contributed by atoms with van der Waals surface area (Å²) in [6.07, 6.45) is 0.436. The molecule has 0 heterocycles. The molecule has 3 aromatic rings. The summed E-state index contributed by atoms with van der Waals surface area (Å²) in [6.45, 7) is -0.476. The van der Waals surface area contributed by atoms with Crippen LogP contribution in [0.5, 0.6) is 11.5 Å². The van der Waals surface area contributed by atoms with Crippen molar-refractivity contribution in [3.05, 3.63) is 81.8 Å². The van der Waals surface area contributed by atoms with Crippen LogP contribution in [0.3, 0.4) is 0 Å². The maximum Gasteiger partial charge on any atom is 0.241 e. The molecule has 0 spiro atoms. The first-order valence-corrected chi connectivity index (χ1v) is 12.0. The smallest absolute Gasteiger partial charge is 0.241 e. The second-order valence-corrected chi connectivity index (χ2v) is 9.60. The third-order valence-electron chi connectivity index (χ3n) is 4.74. The van der Waals surface area contributed by atoms with Crippen LogP contribution in [-0.4, -0.2) is 35.1 Å². The molecule has 0 fully saturated rings. The zero-order chi connectivity index (χ0) is 24.0. The standard InChI is InChI=1S/C23H22Cl2N2O5S/c1-31-18-11-19(32-2)13-20(12-18)33(29,30)26-14-23(28)27-22-8-7-17(24)10-16(22)9-15-5-3-4-6-21(15)25/h3-8,10-13,26H,9,14H2,1-2H3,(H,27,28). The molecule has 0 unspecified atom stereocenters. The number of rotatable bonds is 9. The van der Waals surface area contributed by atoms with Gasteiger partial charge in [0.05, 0.1) is 25.7 Å². The number of hydrogen-bond acceptors (Lipinski definition) is 5. The van der Waals surface area contributed by atoms with E-state index < -0.39 is 22.5 Å². The lowest BCUT2D eigenvalue weighted by Crippen LogP contribution is -2.33. The van der Waals surface area contributed by atoms with Gasteiger partial charge in [-0.1, -0.05) is 41.4 Å². The van der Waals surface area contributed by atoms with Gasteiger partial charge in [0.1, 0.15) is 11.5 Å². The summed E-state index contributed by atoms with van der Waals surface area (Å²) in [5, 5.41) is 3.83. The lowest BCUT2D eigenvalue weighted by molar-refractivity contribution is -0.115. The van der Waals surface area contributed by atoms with Crippen molar-refractivity contribution in [2.45, 2.75) is 11.3 Å². The molecule has 3 rings (SSSR count). The van der Waals surface area contributed by atoms with Crippen LogP contribution in [0.4, 0.5) is 5.69 Å². The van der Waals surface area contributed by atoms with Crippen LogP contribution in [0.1, 0.15) is 11.1 Å². The van der Waals surface area contributed by atoms with E-state index in [1.165, 1.54) is 26.4 Å². The van der Waals surface area contributed by atoms with Crippen molar-refractivity contribution in [2.75, 3.05) is 26.1 Å². The number of halogens is 2. The number of sulfonamides is 1. The molecule has 174 valence electrons. The van der Waals surface area contributed by atoms with E-state index in [1.54, 1.807) is 30.3 Å². The molecule has 10 heteroatoms. The first-order chi connectivity index (χ1) is 15.7. The van der Waals surface area contributed by atoms with E-state index >= 15 is 0 Å². The minimum absolute atomic E-state index is 0.0857. The van der Waals surface area contributed by atoms with Gasteiger partial charge in [-0.25, -0.2) is 13.1 Å². The molecule has 0 aromatic heterocycles. The number of amides is 1. The Labute approximate surface area is 202 Å². The summed E-state index contributed by atoms with van der Waals surface area (Å²) >= 11 is 12.4. The Kier molecular flexibility index (Phi) is 8.20. The molecule has 1 amide bonds. The molecule has 0 bridgehead atoms. The number of ether oxygens (including phenoxy) is 2. The van der Waals surface area contributed by atoms with Gasteiger partial charge in [-0.2, -0.15) is 0 Å². The van der Waals surface area contributed by atoms with Crippen LogP contribution in [0.2, 0.25) is 10.0 Å². The van der Waals surface area contributed by atoms with Crippen molar-refractivity contribution in [3.8, 4) is 11.5 Å². The lowest BCUT2D eigenvalue weighted by atomic mass is 10.0. The number of carbonyl (C=O) groups is 1. The normalized spacial score (nSPS) is 11.2. The average molecular weight is 509 g/mol. The van der Waals surface area contributed by atoms with Gasteiger partial charge in [0.15, 0.2) is 0 Å². The van der Waals surface area contributed by atoms with E-state index in [4.69, 9.17) is 32.7 Å². The lowest BCUT2D eigenvalue weighted by Gasteiger charge is -2.14. The minimum atomic E-state index is -3.99. The average Bonchev–Trinajstić information content (AvgIpc) is 2.80. The summed E-state index contributed by atoms with van der Waals surface area (Å²) in [5.74, 6) is 0.0743. The molecule has 0 aliphatic heterocycles. The number of hydrogen-bond donors (Lipinski definition) is 2. The van der Waals surface area contributed by atoms with Crippen molar-refractivity contribution in [1.29, 1.82) is 0 Å². The maximum atomic E-state index is 12.7. The van der Waals surface area contributed by atoms with E-state index in [0.717, 1.165) is 11.1 Å². The summed E-state index contributed by atoms with van der Waals surface area (Å²) in [4.78, 5) is 12.5. The van der Waals surface area contributed by atoms with Crippen molar-refractivity contribution in [2.24, 2.45) is 0 Å². The Hall–Kier alpha value is -2.78. The van der Waals surface area contributed by atoms with Gasteiger partial charge in [-0.3, -0.25) is 4.79 Å². The Morgan fingerprint density at radius 3 is 2.21 bits per heavy atom. The predicted octanol–water partition coefficient (Wildman–Crippen LogP) is 4.52. The Bertz CT molecular complexity index is 1240. The predicted molar refractivity (Wildman–Crippen MR) is 129 cm³/mol. The fourth-order valence-electron chi connectivity index (χ4n) is 3.05. The second-order valence-electron chi connectivity index (χ2n) is 6.99. The SMILES string of the molecule is COc1cc(OC)cc(S(=O)(=O)NCC(=O)Nc2ccc(Cl)cc2Cc2ccccc2Cl)c1. The van der Waals surface area contributed by atoms with Gasteiger partial charge in [-0.15, -0.1) is 0 Å². The van der Waals surface area contributed by atoms with Crippen LogP contribution in [0, 0.1) is 0 Å². The third kappa shape index (κ3) is 6.61. The highest BCUT2D eigenvalue weighted by atomic mass is 35.5. The van der Waals surface area contributed by atoms with Crippen molar-refractivity contribution in [3.63, 3.8) is 0 Å². The molecular formula is C23H22Cl2N2O5S. The minimum Gasteiger partial charge on any atom is -0.497 e. The van der Waals surface area contributed by atoms with Crippen LogP contribution in [-0.2, 0) is 21.2 Å². The Morgan fingerprint density at radius 2 is 1.58 bits per heavy atom. The molecule has 0 aliphatic carbocycles. The van der Waals surface area contributed by atoms with E-state index in [0.29, 0.717) is 33.7 Å². The van der Waals surface area contributed by atoms with E-state index in [1.807, 2.05) is 18.2 Å². The summed E-state index contributed by atoms with van der Waals surface area (Å²) < 4.78 is 37.9. The molecule has 0 saturated heterocycles. The number of methoxy groups -OCH3 is 2. The van der Waals surface area contributed by atoms with Crippen molar-refractivity contribution in [1.82, 2.24) is 4.72 Å². The molecule has 33 heavy (non-hydrogen) atoms. The quantitative estimate of drug-likeness (QED) is 0.443. The van der Waals surface area contributed by atoms with E-state index in [9.17, 15) is 13.2 Å². The summed E-state index contributed by atoms with van der Waals surface area (Å²) in [7, 11) is -1.16. The Balaban J connectivity index is 1.73. The molecule has 7 nitrogen and oxygen atoms in total. The molecular weight excluding hydrogens is 487 g/mol. The first kappa shape index (κ1) is 24.9. The number of anilines is 1. The van der Waals surface area contributed by atoms with E-state index in [-0.39, 0.29) is 4.90 Å². The maximum absolute atomic E-state index is 12.7. The summed E-state index contributed by atoms with van der Waals surface area (Å²) in [5.41, 5.74) is 2.11. The highest BCUT2D eigenvalue weighted by molar-refractivity contribution is 7.89. The van der Waals surface area contributed by atoms with Crippen LogP contribution >= 0.6 is 23.2 Å². The van der Waals surface area contributed by atoms with Crippen LogP contribution in [0.25, 0.3) is 0 Å². The van der Waals surface area contributed by atoms with E-state index in [2.05, 4.69) is 10.0 Å². The van der Waals surface area contributed by atoms with Crippen molar-refractivity contribution < 1.29 is 22.7 Å². The van der Waals surface area contributed by atoms with Gasteiger partial charge in [0.2, 0.25) is 15.9 Å². The number of carbonyl (C=O) groups excluding carboxylic acids is 1. The van der Waals surface area contributed by atoms with Crippen LogP contribution < -0.4 is 19.5 Å². The molecule has 2 N–H and O–H groups in total. The molecule has 0 aliphatic rings. The second kappa shape index (κ2) is 10.9. The third-order valence-corrected chi connectivity index (χ3v) is 6.72. The molecule has 0 atom stereocenters. The topological polar surface area (TPSA) is 93.7 Å². The van der Waals surface area contributed by atoms with Gasteiger partial charge < -0.3 is 14.8 Å². The number of nitrogens with one attached hydrogen (secondary N) is 2. The number of benzene rings is 3. The fraction of sp³-hybridized carbons (Fsp3) is 0.174. The first-order valence-electron chi connectivity index (χ1n) is 9.76. The highest BCUT2D eigenvalue weighted by Crippen LogP contribution is 2.27. The monoisotopic (exact) mass is 508 g/mol. The van der Waals surface area contributed by atoms with Crippen LogP contribution in [0.15, 0.2) is 65.6 Å². The molecule has 3 aromatic carbocycles. The zero-order valence-electron chi connectivity index (χ0n) is 17.9. The van der Waals surface area contributed by atoms with Gasteiger partial charge in [0.25, 0.3) is 0 Å². The largest absolute Gasteiger partial charge is 0.497 e. The molecule has 0 saturated carbocycles. The van der Waals surface area contributed by atoms with Gasteiger partial charge in [-0.05, 0) is 35.4 Å². The Morgan fingerprint density at radius 1 is 0.909 bits per heavy atom. The molecule has 0 radical (unpaired) electrons. The van der Waals surface area contributed by atoms with Crippen molar-refractivity contribution >= 4 is 44.8 Å². The zero-order valence-corrected chi connectivity index (χ0v) is 20.2. The highest BCUT2D eigenvalue weighted by Gasteiger charge is 2.19. The van der Waals surface area contributed by atoms with Gasteiger partial charge in [0, 0.05) is 40.4 Å².